The molecule has 10 heteroatoms. The molecule has 2 aromatic heterocycles. The molecule has 0 radical (unpaired) electrons. The van der Waals surface area contributed by atoms with Gasteiger partial charge in [-0.25, -0.2) is 4.79 Å². The van der Waals surface area contributed by atoms with E-state index in [4.69, 9.17) is 4.52 Å². The summed E-state index contributed by atoms with van der Waals surface area (Å²) in [4.78, 5) is 47.4. The fraction of sp³-hybridized carbons (Fsp3) is 0.524. The summed E-state index contributed by atoms with van der Waals surface area (Å²) in [6, 6.07) is 2.45. The summed E-state index contributed by atoms with van der Waals surface area (Å²) in [5.41, 5.74) is -0.102. The first-order valence-corrected chi connectivity index (χ1v) is 10.6. The summed E-state index contributed by atoms with van der Waals surface area (Å²) in [5.74, 6) is -0.172. The molecule has 1 aliphatic carbocycles. The van der Waals surface area contributed by atoms with Crippen molar-refractivity contribution in [2.24, 2.45) is 5.92 Å². The van der Waals surface area contributed by atoms with E-state index in [1.165, 1.54) is 0 Å². The molecule has 2 N–H and O–H groups in total. The van der Waals surface area contributed by atoms with E-state index in [-0.39, 0.29) is 24.3 Å². The molecule has 1 unspecified atom stereocenters. The largest absolute Gasteiger partial charge is 0.342 e. The number of pyridine rings is 1. The van der Waals surface area contributed by atoms with Crippen LogP contribution in [0.25, 0.3) is 11.4 Å². The van der Waals surface area contributed by atoms with Gasteiger partial charge < -0.3 is 15.2 Å². The fourth-order valence-electron chi connectivity index (χ4n) is 4.17. The predicted octanol–water partition coefficient (Wildman–Crippen LogP) is 2.20. The molecule has 2 aliphatic rings. The number of rotatable bonds is 6. The Morgan fingerprint density at radius 3 is 2.61 bits per heavy atom. The number of nitrogens with zero attached hydrogens (tertiary/aromatic N) is 4. The van der Waals surface area contributed by atoms with Gasteiger partial charge >= 0.3 is 6.03 Å². The van der Waals surface area contributed by atoms with E-state index in [9.17, 15) is 14.4 Å². The smallest absolute Gasteiger partial charge is 0.325 e. The molecule has 1 saturated carbocycles. The summed E-state index contributed by atoms with van der Waals surface area (Å²) < 4.78 is 5.39. The number of imide groups is 1. The van der Waals surface area contributed by atoms with Crippen LogP contribution in [0.4, 0.5) is 4.79 Å². The van der Waals surface area contributed by atoms with Crippen molar-refractivity contribution >= 4 is 17.8 Å². The molecule has 1 atom stereocenters. The Bertz CT molecular complexity index is 967. The van der Waals surface area contributed by atoms with E-state index in [1.54, 1.807) is 24.5 Å². The van der Waals surface area contributed by atoms with Gasteiger partial charge in [-0.3, -0.25) is 19.5 Å². The maximum absolute atomic E-state index is 12.9. The standard InChI is InChI=1S/C21H26N6O4/c1-13(2)16(18-24-17(26-31-18)14-6-10-22-11-7-14)23-15(28)12-27-19(29)21(25-20(27)30)8-4-3-5-9-21/h6-7,10-11,13,16H,3-5,8-9,12H2,1-2H3,(H,23,28)(H,25,30). The molecule has 2 fully saturated rings. The maximum Gasteiger partial charge on any atom is 0.325 e. The van der Waals surface area contributed by atoms with Crippen molar-refractivity contribution in [3.05, 3.63) is 30.4 Å². The van der Waals surface area contributed by atoms with Crippen molar-refractivity contribution in [2.75, 3.05) is 6.54 Å². The second-order valence-electron chi connectivity index (χ2n) is 8.45. The first kappa shape index (κ1) is 21.0. The Labute approximate surface area is 179 Å². The van der Waals surface area contributed by atoms with Gasteiger partial charge in [0, 0.05) is 18.0 Å². The Kier molecular flexibility index (Phi) is 5.71. The molecule has 1 saturated heterocycles. The molecule has 10 nitrogen and oxygen atoms in total. The van der Waals surface area contributed by atoms with Crippen molar-refractivity contribution in [3.8, 4) is 11.4 Å². The van der Waals surface area contributed by atoms with Gasteiger partial charge in [-0.1, -0.05) is 38.3 Å². The fourth-order valence-corrected chi connectivity index (χ4v) is 4.17. The SMILES string of the molecule is CC(C)C(NC(=O)CN1C(=O)NC2(CCCCC2)C1=O)c1nc(-c2ccncc2)no1. The van der Waals surface area contributed by atoms with Crippen LogP contribution in [0.2, 0.25) is 0 Å². The van der Waals surface area contributed by atoms with Crippen LogP contribution in [0.3, 0.4) is 0 Å². The molecular weight excluding hydrogens is 400 g/mol. The maximum atomic E-state index is 12.9. The Balaban J connectivity index is 1.44. The minimum absolute atomic E-state index is 0.0533. The van der Waals surface area contributed by atoms with Gasteiger partial charge in [0.25, 0.3) is 5.91 Å². The third-order valence-electron chi connectivity index (χ3n) is 5.88. The second-order valence-corrected chi connectivity index (χ2v) is 8.45. The average molecular weight is 426 g/mol. The first-order valence-electron chi connectivity index (χ1n) is 10.6. The van der Waals surface area contributed by atoms with E-state index in [2.05, 4.69) is 25.8 Å². The number of urea groups is 1. The summed E-state index contributed by atoms with van der Waals surface area (Å²) in [7, 11) is 0. The number of carbonyl (C=O) groups is 3. The number of hydrogen-bond donors (Lipinski definition) is 2. The summed E-state index contributed by atoms with van der Waals surface area (Å²) in [6.07, 6.45) is 7.31. The van der Waals surface area contributed by atoms with E-state index >= 15 is 0 Å². The minimum atomic E-state index is -0.848. The lowest BCUT2D eigenvalue weighted by atomic mass is 9.82. The number of amides is 4. The van der Waals surface area contributed by atoms with E-state index in [0.29, 0.717) is 18.7 Å². The average Bonchev–Trinajstić information content (AvgIpc) is 3.33. The van der Waals surface area contributed by atoms with Crippen LogP contribution >= 0.6 is 0 Å². The normalized spacial score (nSPS) is 19.0. The summed E-state index contributed by atoms with van der Waals surface area (Å²) in [6.45, 7) is 3.47. The van der Waals surface area contributed by atoms with Gasteiger partial charge in [-0.15, -0.1) is 0 Å². The van der Waals surface area contributed by atoms with Gasteiger partial charge in [0.1, 0.15) is 18.1 Å². The first-order chi connectivity index (χ1) is 14.9. The number of carbonyl (C=O) groups excluding carboxylic acids is 3. The molecule has 164 valence electrons. The van der Waals surface area contributed by atoms with Crippen molar-refractivity contribution in [1.82, 2.24) is 30.7 Å². The van der Waals surface area contributed by atoms with Crippen molar-refractivity contribution in [3.63, 3.8) is 0 Å². The van der Waals surface area contributed by atoms with Gasteiger partial charge in [-0.2, -0.15) is 4.98 Å². The lowest BCUT2D eigenvalue weighted by Crippen LogP contribution is -2.49. The molecule has 3 heterocycles. The number of aromatic nitrogens is 3. The van der Waals surface area contributed by atoms with Crippen LogP contribution in [0.15, 0.2) is 29.0 Å². The topological polar surface area (TPSA) is 130 Å². The zero-order chi connectivity index (χ0) is 22.0. The van der Waals surface area contributed by atoms with Gasteiger partial charge in [-0.05, 0) is 30.9 Å². The van der Waals surface area contributed by atoms with Gasteiger partial charge in [0.05, 0.1) is 0 Å². The molecule has 0 bridgehead atoms. The van der Waals surface area contributed by atoms with Gasteiger partial charge in [0.15, 0.2) is 0 Å². The molecule has 2 aromatic rings. The lowest BCUT2D eigenvalue weighted by molar-refractivity contribution is -0.136. The molecule has 31 heavy (non-hydrogen) atoms. The molecular formula is C21H26N6O4. The van der Waals surface area contributed by atoms with Crippen molar-refractivity contribution in [1.29, 1.82) is 0 Å². The number of nitrogens with one attached hydrogen (secondary N) is 2. The minimum Gasteiger partial charge on any atom is -0.342 e. The Hall–Kier alpha value is -3.30. The van der Waals surface area contributed by atoms with Gasteiger partial charge in [0.2, 0.25) is 17.6 Å². The highest BCUT2D eigenvalue weighted by molar-refractivity contribution is 6.09. The highest BCUT2D eigenvalue weighted by Crippen LogP contribution is 2.33. The van der Waals surface area contributed by atoms with E-state index in [0.717, 1.165) is 29.7 Å². The zero-order valence-electron chi connectivity index (χ0n) is 17.6. The third kappa shape index (κ3) is 4.14. The van der Waals surface area contributed by atoms with Crippen LogP contribution in [0, 0.1) is 5.92 Å². The predicted molar refractivity (Wildman–Crippen MR) is 109 cm³/mol. The van der Waals surface area contributed by atoms with Crippen LogP contribution in [-0.2, 0) is 9.59 Å². The lowest BCUT2D eigenvalue weighted by Gasteiger charge is -2.30. The Morgan fingerprint density at radius 1 is 1.23 bits per heavy atom. The summed E-state index contributed by atoms with van der Waals surface area (Å²) >= 11 is 0. The highest BCUT2D eigenvalue weighted by atomic mass is 16.5. The monoisotopic (exact) mass is 426 g/mol. The molecule has 1 aliphatic heterocycles. The quantitative estimate of drug-likeness (QED) is 0.677. The van der Waals surface area contributed by atoms with E-state index in [1.807, 2.05) is 13.8 Å². The van der Waals surface area contributed by atoms with Crippen LogP contribution in [0.1, 0.15) is 57.9 Å². The van der Waals surface area contributed by atoms with Crippen LogP contribution < -0.4 is 10.6 Å². The summed E-state index contributed by atoms with van der Waals surface area (Å²) in [5, 5.41) is 9.64. The third-order valence-corrected chi connectivity index (χ3v) is 5.88. The highest BCUT2D eigenvalue weighted by Gasteiger charge is 2.51. The molecule has 4 rings (SSSR count). The Morgan fingerprint density at radius 2 is 1.94 bits per heavy atom. The molecule has 1 spiro atoms. The van der Waals surface area contributed by atoms with E-state index < -0.39 is 23.5 Å². The van der Waals surface area contributed by atoms with Crippen LogP contribution in [0.5, 0.6) is 0 Å². The zero-order valence-corrected chi connectivity index (χ0v) is 17.6. The van der Waals surface area contributed by atoms with Crippen molar-refractivity contribution in [2.45, 2.75) is 57.5 Å². The molecule has 4 amide bonds. The van der Waals surface area contributed by atoms with Crippen LogP contribution in [-0.4, -0.2) is 50.0 Å². The number of hydrogen-bond acceptors (Lipinski definition) is 7. The van der Waals surface area contributed by atoms with Crippen molar-refractivity contribution < 1.29 is 18.9 Å². The second kappa shape index (κ2) is 8.44. The molecule has 0 aromatic carbocycles.